The first-order chi connectivity index (χ1) is 8.59. The number of carbonyl (C=O) groups is 1. The number of carboxylic acid groups (broad SMARTS) is 1. The maximum Gasteiger partial charge on any atom is 0.306 e. The average molecular weight is 360 g/mol. The number of hydrogen-bond donors (Lipinski definition) is 2. The van der Waals surface area contributed by atoms with Gasteiger partial charge < -0.3 is 10.2 Å². The van der Waals surface area contributed by atoms with Crippen LogP contribution in [0.2, 0.25) is 0 Å². The maximum absolute atomic E-state index is 11.2. The van der Waals surface area contributed by atoms with Gasteiger partial charge in [0.05, 0.1) is 12.0 Å². The number of rotatable bonds is 3. The van der Waals surface area contributed by atoms with E-state index < -0.39 is 18.0 Å². The smallest absolute Gasteiger partial charge is 0.306 e. The van der Waals surface area contributed by atoms with Crippen LogP contribution >= 0.6 is 22.6 Å². The second-order valence-corrected chi connectivity index (χ2v) is 6.14. The molecule has 18 heavy (non-hydrogen) atoms. The topological polar surface area (TPSA) is 57.5 Å². The highest BCUT2D eigenvalue weighted by Gasteiger charge is 2.35. The summed E-state index contributed by atoms with van der Waals surface area (Å²) in [5, 5.41) is 19.6. The highest BCUT2D eigenvalue weighted by atomic mass is 127. The molecule has 0 saturated heterocycles. The van der Waals surface area contributed by atoms with E-state index in [-0.39, 0.29) is 5.92 Å². The normalized spacial score (nSPS) is 25.7. The molecular formula is C14H17IO3. The van der Waals surface area contributed by atoms with E-state index >= 15 is 0 Å². The third kappa shape index (κ3) is 3.03. The molecule has 1 aromatic rings. The number of halogens is 1. The van der Waals surface area contributed by atoms with Crippen molar-refractivity contribution in [3.05, 3.63) is 33.4 Å². The number of benzene rings is 1. The zero-order valence-corrected chi connectivity index (χ0v) is 12.2. The molecule has 2 N–H and O–H groups in total. The number of aliphatic hydroxyl groups excluding tert-OH is 1. The lowest BCUT2D eigenvalue weighted by molar-refractivity contribution is -0.147. The summed E-state index contributed by atoms with van der Waals surface area (Å²) in [5.74, 6) is -1.34. The maximum atomic E-state index is 11.2. The van der Waals surface area contributed by atoms with Crippen LogP contribution in [0.1, 0.15) is 37.4 Å². The zero-order chi connectivity index (χ0) is 13.1. The lowest BCUT2D eigenvalue weighted by atomic mass is 9.74. The molecule has 1 aromatic carbocycles. The standard InChI is InChI=1S/C14H17IO3/c15-10-7-5-9(6-8-10)13(16)11-3-1-2-4-12(11)14(17)18/h5-8,11-13,16H,1-4H2,(H,17,18). The van der Waals surface area contributed by atoms with Crippen LogP contribution in [0.15, 0.2) is 24.3 Å². The molecule has 98 valence electrons. The molecule has 1 fully saturated rings. The summed E-state index contributed by atoms with van der Waals surface area (Å²) in [6.07, 6.45) is 2.78. The summed E-state index contributed by atoms with van der Waals surface area (Å²) < 4.78 is 1.11. The largest absolute Gasteiger partial charge is 0.481 e. The molecule has 1 aliphatic rings. The average Bonchev–Trinajstić information content (AvgIpc) is 2.39. The van der Waals surface area contributed by atoms with Crippen LogP contribution < -0.4 is 0 Å². The van der Waals surface area contributed by atoms with E-state index in [4.69, 9.17) is 0 Å². The zero-order valence-electron chi connectivity index (χ0n) is 10.1. The molecule has 0 radical (unpaired) electrons. The van der Waals surface area contributed by atoms with Gasteiger partial charge in [-0.25, -0.2) is 0 Å². The quantitative estimate of drug-likeness (QED) is 0.814. The summed E-state index contributed by atoms with van der Waals surface area (Å²) in [6, 6.07) is 7.66. The highest BCUT2D eigenvalue weighted by molar-refractivity contribution is 14.1. The number of carboxylic acids is 1. The summed E-state index contributed by atoms with van der Waals surface area (Å²) in [7, 11) is 0. The fraction of sp³-hybridized carbons (Fsp3) is 0.500. The van der Waals surface area contributed by atoms with E-state index in [1.54, 1.807) is 0 Å². The minimum Gasteiger partial charge on any atom is -0.481 e. The van der Waals surface area contributed by atoms with Crippen LogP contribution in [0.25, 0.3) is 0 Å². The Morgan fingerprint density at radius 3 is 2.44 bits per heavy atom. The molecule has 3 nitrogen and oxygen atoms in total. The molecule has 0 aliphatic heterocycles. The Hall–Kier alpha value is -0.620. The van der Waals surface area contributed by atoms with Gasteiger partial charge in [0.25, 0.3) is 0 Å². The summed E-state index contributed by atoms with van der Waals surface area (Å²) in [5.41, 5.74) is 0.827. The first kappa shape index (κ1) is 13.8. The fourth-order valence-electron chi connectivity index (χ4n) is 2.75. The van der Waals surface area contributed by atoms with Crippen molar-refractivity contribution in [1.82, 2.24) is 0 Å². The van der Waals surface area contributed by atoms with Crippen molar-refractivity contribution in [3.63, 3.8) is 0 Å². The Bertz CT molecular complexity index is 416. The molecule has 0 heterocycles. The lowest BCUT2D eigenvalue weighted by Gasteiger charge is -2.32. The van der Waals surface area contributed by atoms with Gasteiger partial charge in [0.2, 0.25) is 0 Å². The van der Waals surface area contributed by atoms with Crippen LogP contribution in [0, 0.1) is 15.4 Å². The molecule has 3 unspecified atom stereocenters. The van der Waals surface area contributed by atoms with Crippen LogP contribution in [0.5, 0.6) is 0 Å². The monoisotopic (exact) mass is 360 g/mol. The summed E-state index contributed by atoms with van der Waals surface area (Å²) >= 11 is 2.21. The number of aliphatic hydroxyl groups is 1. The van der Waals surface area contributed by atoms with Crippen molar-refractivity contribution in [3.8, 4) is 0 Å². The van der Waals surface area contributed by atoms with Gasteiger partial charge >= 0.3 is 5.97 Å². The predicted molar refractivity (Wildman–Crippen MR) is 77.2 cm³/mol. The van der Waals surface area contributed by atoms with Crippen molar-refractivity contribution >= 4 is 28.6 Å². The van der Waals surface area contributed by atoms with Crippen molar-refractivity contribution < 1.29 is 15.0 Å². The molecular weight excluding hydrogens is 343 g/mol. The van der Waals surface area contributed by atoms with Crippen molar-refractivity contribution in [2.45, 2.75) is 31.8 Å². The van der Waals surface area contributed by atoms with E-state index in [9.17, 15) is 15.0 Å². The molecule has 1 saturated carbocycles. The van der Waals surface area contributed by atoms with Crippen LogP contribution in [0.4, 0.5) is 0 Å². The molecule has 3 atom stereocenters. The van der Waals surface area contributed by atoms with Gasteiger partial charge in [-0.15, -0.1) is 0 Å². The van der Waals surface area contributed by atoms with Gasteiger partial charge in [0.15, 0.2) is 0 Å². The fourth-order valence-corrected chi connectivity index (χ4v) is 3.11. The SMILES string of the molecule is O=C(O)C1CCCCC1C(O)c1ccc(I)cc1. The van der Waals surface area contributed by atoms with Gasteiger partial charge in [0.1, 0.15) is 0 Å². The Kier molecular flexibility index (Phi) is 4.61. The Morgan fingerprint density at radius 1 is 1.22 bits per heavy atom. The van der Waals surface area contributed by atoms with Gasteiger partial charge in [-0.2, -0.15) is 0 Å². The van der Waals surface area contributed by atoms with Crippen molar-refractivity contribution in [2.75, 3.05) is 0 Å². The summed E-state index contributed by atoms with van der Waals surface area (Å²) in [4.78, 5) is 11.2. The van der Waals surface area contributed by atoms with Crippen molar-refractivity contribution in [1.29, 1.82) is 0 Å². The molecule has 0 spiro atoms. The molecule has 0 bridgehead atoms. The molecule has 1 aliphatic carbocycles. The van der Waals surface area contributed by atoms with E-state index in [2.05, 4.69) is 22.6 Å². The third-order valence-corrected chi connectivity index (χ3v) is 4.47. The second kappa shape index (κ2) is 6.02. The van der Waals surface area contributed by atoms with E-state index in [1.807, 2.05) is 24.3 Å². The Morgan fingerprint density at radius 2 is 1.83 bits per heavy atom. The van der Waals surface area contributed by atoms with Gasteiger partial charge in [0, 0.05) is 9.49 Å². The molecule has 4 heteroatoms. The van der Waals surface area contributed by atoms with Crippen LogP contribution in [0.3, 0.4) is 0 Å². The third-order valence-electron chi connectivity index (χ3n) is 3.75. The van der Waals surface area contributed by atoms with Gasteiger partial charge in [-0.3, -0.25) is 4.79 Å². The van der Waals surface area contributed by atoms with Gasteiger partial charge in [-0.1, -0.05) is 25.0 Å². The summed E-state index contributed by atoms with van der Waals surface area (Å²) in [6.45, 7) is 0. The first-order valence-corrected chi connectivity index (χ1v) is 7.34. The van der Waals surface area contributed by atoms with Gasteiger partial charge in [-0.05, 0) is 53.1 Å². The molecule has 0 aromatic heterocycles. The number of aliphatic carboxylic acids is 1. The Labute approximate surface area is 120 Å². The second-order valence-electron chi connectivity index (χ2n) is 4.89. The predicted octanol–water partition coefficient (Wildman–Crippen LogP) is 3.22. The molecule has 0 amide bonds. The molecule has 2 rings (SSSR count). The minimum absolute atomic E-state index is 0.156. The number of hydrogen-bond acceptors (Lipinski definition) is 2. The van der Waals surface area contributed by atoms with Crippen LogP contribution in [-0.4, -0.2) is 16.2 Å². The van der Waals surface area contributed by atoms with E-state index in [1.165, 1.54) is 0 Å². The minimum atomic E-state index is -0.774. The van der Waals surface area contributed by atoms with E-state index in [0.717, 1.165) is 28.4 Å². The highest BCUT2D eigenvalue weighted by Crippen LogP contribution is 2.38. The lowest BCUT2D eigenvalue weighted by Crippen LogP contribution is -2.31. The van der Waals surface area contributed by atoms with Crippen molar-refractivity contribution in [2.24, 2.45) is 11.8 Å². The Balaban J connectivity index is 2.17. The van der Waals surface area contributed by atoms with Crippen LogP contribution in [-0.2, 0) is 4.79 Å². The van der Waals surface area contributed by atoms with E-state index in [0.29, 0.717) is 6.42 Å². The first-order valence-electron chi connectivity index (χ1n) is 6.26.